The molecule has 54 valence electrons. The molecule has 0 bridgehead atoms. The molecule has 1 aliphatic rings. The molecule has 0 saturated carbocycles. The third-order valence-electron chi connectivity index (χ3n) is 1.56. The summed E-state index contributed by atoms with van der Waals surface area (Å²) in [5, 5.41) is 0. The second-order valence-electron chi connectivity index (χ2n) is 2.39. The van der Waals surface area contributed by atoms with Gasteiger partial charge in [-0.1, -0.05) is 30.4 Å². The Kier molecular flexibility index (Phi) is 2.82. The normalized spacial score (nSPS) is 18.9. The maximum Gasteiger partial charge on any atom is 0.0187 e. The maximum atomic E-state index is 3.63. The predicted molar refractivity (Wildman–Crippen MR) is 49.4 cm³/mol. The van der Waals surface area contributed by atoms with Gasteiger partial charge in [-0.25, -0.2) is 0 Å². The van der Waals surface area contributed by atoms with Crippen LogP contribution in [0.2, 0.25) is 0 Å². The van der Waals surface area contributed by atoms with Crippen molar-refractivity contribution in [3.8, 4) is 0 Å². The quantitative estimate of drug-likeness (QED) is 0.548. The molecule has 0 N–H and O–H groups in total. The molecule has 1 heterocycles. The molecular formula is C9H12S. The minimum absolute atomic E-state index is 1.18. The van der Waals surface area contributed by atoms with Gasteiger partial charge in [-0.05, 0) is 12.5 Å². The highest BCUT2D eigenvalue weighted by Crippen LogP contribution is 2.24. The van der Waals surface area contributed by atoms with E-state index < -0.39 is 0 Å². The summed E-state index contributed by atoms with van der Waals surface area (Å²) in [5.74, 6) is 2.38. The zero-order valence-corrected chi connectivity index (χ0v) is 7.08. The van der Waals surface area contributed by atoms with E-state index in [-0.39, 0.29) is 0 Å². The van der Waals surface area contributed by atoms with Crippen LogP contribution in [-0.2, 0) is 0 Å². The molecule has 0 nitrogen and oxygen atoms in total. The van der Waals surface area contributed by atoms with Crippen LogP contribution in [0.15, 0.2) is 36.0 Å². The summed E-state index contributed by atoms with van der Waals surface area (Å²) >= 11 is 1.98. The lowest BCUT2D eigenvalue weighted by Gasteiger charge is -1.90. The highest BCUT2D eigenvalue weighted by Gasteiger charge is 2.06. The van der Waals surface area contributed by atoms with Gasteiger partial charge in [-0.15, -0.1) is 0 Å². The Labute approximate surface area is 66.7 Å². The van der Waals surface area contributed by atoms with E-state index in [1.54, 1.807) is 0 Å². The lowest BCUT2D eigenvalue weighted by molar-refractivity contribution is 1.36. The summed E-state index contributed by atoms with van der Waals surface area (Å²) < 4.78 is 0. The fourth-order valence-electron chi connectivity index (χ4n) is 0.905. The Balaban J connectivity index is 2.62. The van der Waals surface area contributed by atoms with Crippen molar-refractivity contribution in [2.45, 2.75) is 6.92 Å². The van der Waals surface area contributed by atoms with Crippen molar-refractivity contribution in [3.05, 3.63) is 36.0 Å². The molecule has 0 amide bonds. The average molecular weight is 152 g/mol. The summed E-state index contributed by atoms with van der Waals surface area (Å²) in [7, 11) is 0. The Bertz CT molecular complexity index is 187. The van der Waals surface area contributed by atoms with Gasteiger partial charge in [0.2, 0.25) is 0 Å². The highest BCUT2D eigenvalue weighted by molar-refractivity contribution is 7.99. The van der Waals surface area contributed by atoms with Gasteiger partial charge in [0.15, 0.2) is 0 Å². The Hall–Kier alpha value is -0.430. The maximum absolute atomic E-state index is 3.63. The average Bonchev–Trinajstić information content (AvgIpc) is 2.31. The van der Waals surface area contributed by atoms with Crippen LogP contribution in [0.1, 0.15) is 6.92 Å². The van der Waals surface area contributed by atoms with Crippen molar-refractivity contribution >= 4 is 11.8 Å². The van der Waals surface area contributed by atoms with Crippen LogP contribution in [0.3, 0.4) is 0 Å². The van der Waals surface area contributed by atoms with Gasteiger partial charge in [0.05, 0.1) is 0 Å². The molecule has 0 aromatic carbocycles. The van der Waals surface area contributed by atoms with Gasteiger partial charge in [-0.2, -0.15) is 11.8 Å². The fraction of sp³-hybridized carbons (Fsp3) is 0.333. The predicted octanol–water partition coefficient (Wildman–Crippen LogP) is 2.79. The van der Waals surface area contributed by atoms with Crippen LogP contribution in [-0.4, -0.2) is 11.5 Å². The van der Waals surface area contributed by atoms with Crippen LogP contribution in [0.4, 0.5) is 0 Å². The SMILES string of the molecule is C=C/C=C\C1=C(C)CSC1. The monoisotopic (exact) mass is 152 g/mol. The van der Waals surface area contributed by atoms with Crippen molar-refractivity contribution in [1.82, 2.24) is 0 Å². The number of hydrogen-bond donors (Lipinski definition) is 0. The van der Waals surface area contributed by atoms with Crippen LogP contribution in [0.25, 0.3) is 0 Å². The molecule has 1 aliphatic heterocycles. The highest BCUT2D eigenvalue weighted by atomic mass is 32.2. The first kappa shape index (κ1) is 7.67. The zero-order valence-electron chi connectivity index (χ0n) is 6.26. The van der Waals surface area contributed by atoms with Crippen LogP contribution in [0.5, 0.6) is 0 Å². The van der Waals surface area contributed by atoms with Crippen molar-refractivity contribution in [1.29, 1.82) is 0 Å². The van der Waals surface area contributed by atoms with Crippen molar-refractivity contribution < 1.29 is 0 Å². The Morgan fingerprint density at radius 3 is 2.80 bits per heavy atom. The molecule has 0 spiro atoms. The standard InChI is InChI=1S/C9H12S/c1-3-4-5-9-7-10-6-8(9)2/h3-5H,1,6-7H2,2H3/b5-4-. The minimum atomic E-state index is 1.18. The molecule has 0 radical (unpaired) electrons. The number of rotatable bonds is 2. The Morgan fingerprint density at radius 2 is 2.30 bits per heavy atom. The lowest BCUT2D eigenvalue weighted by Crippen LogP contribution is -1.77. The second-order valence-corrected chi connectivity index (χ2v) is 3.38. The molecule has 0 aromatic heterocycles. The smallest absolute Gasteiger partial charge is 0.0187 e. The lowest BCUT2D eigenvalue weighted by atomic mass is 10.2. The van der Waals surface area contributed by atoms with Crippen LogP contribution < -0.4 is 0 Å². The molecule has 0 aromatic rings. The third-order valence-corrected chi connectivity index (χ3v) is 2.71. The van der Waals surface area contributed by atoms with Crippen LogP contribution in [0, 0.1) is 0 Å². The first-order chi connectivity index (χ1) is 4.84. The third kappa shape index (κ3) is 1.77. The fourth-order valence-corrected chi connectivity index (χ4v) is 2.06. The van der Waals surface area contributed by atoms with Gasteiger partial charge >= 0.3 is 0 Å². The van der Waals surface area contributed by atoms with Gasteiger partial charge < -0.3 is 0 Å². The summed E-state index contributed by atoms with van der Waals surface area (Å²) in [6, 6.07) is 0. The molecular weight excluding hydrogens is 140 g/mol. The molecule has 1 heteroatoms. The van der Waals surface area contributed by atoms with E-state index in [0.717, 1.165) is 0 Å². The molecule has 10 heavy (non-hydrogen) atoms. The molecule has 0 atom stereocenters. The number of allylic oxidation sites excluding steroid dienone is 3. The van der Waals surface area contributed by atoms with Crippen molar-refractivity contribution in [3.63, 3.8) is 0 Å². The topological polar surface area (TPSA) is 0 Å². The van der Waals surface area contributed by atoms with Gasteiger partial charge in [-0.3, -0.25) is 0 Å². The number of hydrogen-bond acceptors (Lipinski definition) is 1. The molecule has 0 saturated heterocycles. The van der Waals surface area contributed by atoms with E-state index >= 15 is 0 Å². The summed E-state index contributed by atoms with van der Waals surface area (Å²) in [6.07, 6.45) is 5.98. The van der Waals surface area contributed by atoms with Crippen molar-refractivity contribution in [2.75, 3.05) is 11.5 Å². The number of thioether (sulfide) groups is 1. The molecule has 0 aliphatic carbocycles. The van der Waals surface area contributed by atoms with E-state index in [4.69, 9.17) is 0 Å². The van der Waals surface area contributed by atoms with Crippen molar-refractivity contribution in [2.24, 2.45) is 0 Å². The van der Waals surface area contributed by atoms with E-state index in [2.05, 4.69) is 19.6 Å². The first-order valence-electron chi connectivity index (χ1n) is 3.40. The van der Waals surface area contributed by atoms with E-state index in [1.165, 1.54) is 22.7 Å². The Morgan fingerprint density at radius 1 is 1.50 bits per heavy atom. The van der Waals surface area contributed by atoms with Gasteiger partial charge in [0.1, 0.15) is 0 Å². The minimum Gasteiger partial charge on any atom is -0.153 e. The van der Waals surface area contributed by atoms with Gasteiger partial charge in [0.25, 0.3) is 0 Å². The van der Waals surface area contributed by atoms with E-state index in [1.807, 2.05) is 23.9 Å². The van der Waals surface area contributed by atoms with E-state index in [9.17, 15) is 0 Å². The second kappa shape index (κ2) is 3.67. The van der Waals surface area contributed by atoms with E-state index in [0.29, 0.717) is 0 Å². The summed E-state index contributed by atoms with van der Waals surface area (Å²) in [6.45, 7) is 5.83. The summed E-state index contributed by atoms with van der Waals surface area (Å²) in [5.41, 5.74) is 2.99. The molecule has 0 fully saturated rings. The molecule has 0 unspecified atom stereocenters. The first-order valence-corrected chi connectivity index (χ1v) is 4.55. The zero-order chi connectivity index (χ0) is 7.40. The largest absolute Gasteiger partial charge is 0.153 e. The summed E-state index contributed by atoms with van der Waals surface area (Å²) in [4.78, 5) is 0. The van der Waals surface area contributed by atoms with Gasteiger partial charge in [0, 0.05) is 11.5 Å². The molecule has 1 rings (SSSR count). The van der Waals surface area contributed by atoms with Crippen LogP contribution >= 0.6 is 11.8 Å².